The smallest absolute Gasteiger partial charge is 0.318 e. The molecule has 2 bridgehead atoms. The van der Waals surface area contributed by atoms with E-state index in [0.29, 0.717) is 12.6 Å². The number of ether oxygens (including phenoxy) is 1. The van der Waals surface area contributed by atoms with Crippen LogP contribution in [0.25, 0.3) is 0 Å². The Bertz CT molecular complexity index is 541. The fourth-order valence-corrected chi connectivity index (χ4v) is 3.51. The van der Waals surface area contributed by atoms with E-state index in [-0.39, 0.29) is 24.7 Å². The first kappa shape index (κ1) is 16.3. The van der Waals surface area contributed by atoms with Crippen molar-refractivity contribution in [3.63, 3.8) is 0 Å². The Morgan fingerprint density at radius 2 is 2.09 bits per heavy atom. The van der Waals surface area contributed by atoms with Gasteiger partial charge < -0.3 is 20.1 Å². The molecule has 0 aliphatic carbocycles. The second-order valence-electron chi connectivity index (χ2n) is 7.32. The van der Waals surface area contributed by atoms with Gasteiger partial charge in [0.1, 0.15) is 0 Å². The number of nitrogens with zero attached hydrogens (tertiary/aromatic N) is 1. The van der Waals surface area contributed by atoms with Crippen LogP contribution in [0.15, 0.2) is 30.3 Å². The molecule has 0 spiro atoms. The normalized spacial score (nSPS) is 26.3. The van der Waals surface area contributed by atoms with Crippen LogP contribution in [-0.2, 0) is 11.3 Å². The molecule has 0 aromatic heterocycles. The van der Waals surface area contributed by atoms with Crippen molar-refractivity contribution in [3.8, 4) is 0 Å². The number of hydrogen-bond donors (Lipinski definition) is 2. The monoisotopic (exact) mass is 318 g/mol. The average molecular weight is 318 g/mol. The number of nitrogens with one attached hydrogen (secondary N) is 1. The van der Waals surface area contributed by atoms with E-state index >= 15 is 0 Å². The lowest BCUT2D eigenvalue weighted by atomic mass is 9.96. The average Bonchev–Trinajstić information content (AvgIpc) is 3.09. The largest absolute Gasteiger partial charge is 0.389 e. The molecule has 1 aromatic rings. The lowest BCUT2D eigenvalue weighted by Gasteiger charge is -2.31. The Kier molecular flexibility index (Phi) is 4.60. The van der Waals surface area contributed by atoms with Crippen molar-refractivity contribution >= 4 is 6.03 Å². The van der Waals surface area contributed by atoms with Crippen molar-refractivity contribution in [1.82, 2.24) is 10.2 Å². The van der Waals surface area contributed by atoms with Gasteiger partial charge in [0, 0.05) is 6.54 Å². The van der Waals surface area contributed by atoms with Gasteiger partial charge in [-0.05, 0) is 38.7 Å². The Balaban J connectivity index is 1.65. The molecule has 5 nitrogen and oxygen atoms in total. The van der Waals surface area contributed by atoms with Crippen molar-refractivity contribution in [2.45, 2.75) is 63.5 Å². The second-order valence-corrected chi connectivity index (χ2v) is 7.32. The predicted molar refractivity (Wildman–Crippen MR) is 88.0 cm³/mol. The van der Waals surface area contributed by atoms with Crippen molar-refractivity contribution in [1.29, 1.82) is 0 Å². The Labute approximate surface area is 137 Å². The van der Waals surface area contributed by atoms with E-state index in [0.717, 1.165) is 24.8 Å². The van der Waals surface area contributed by atoms with Gasteiger partial charge in [-0.25, -0.2) is 4.79 Å². The fraction of sp³-hybridized carbons (Fsp3) is 0.611. The summed E-state index contributed by atoms with van der Waals surface area (Å²) in [5, 5.41) is 13.2. The molecule has 3 atom stereocenters. The van der Waals surface area contributed by atoms with Gasteiger partial charge in [0.05, 0.1) is 30.4 Å². The minimum absolute atomic E-state index is 0.0985. The van der Waals surface area contributed by atoms with Crippen LogP contribution in [0.3, 0.4) is 0 Å². The van der Waals surface area contributed by atoms with Gasteiger partial charge in [0.25, 0.3) is 0 Å². The van der Waals surface area contributed by atoms with E-state index in [1.807, 2.05) is 30.3 Å². The predicted octanol–water partition coefficient (Wildman–Crippen LogP) is 2.29. The summed E-state index contributed by atoms with van der Waals surface area (Å²) in [6, 6.07) is 9.82. The minimum Gasteiger partial charge on any atom is -0.389 e. The molecule has 126 valence electrons. The summed E-state index contributed by atoms with van der Waals surface area (Å²) in [5.41, 5.74) is 0.119. The van der Waals surface area contributed by atoms with E-state index in [4.69, 9.17) is 4.74 Å². The molecule has 1 aromatic carbocycles. The van der Waals surface area contributed by atoms with Crippen molar-refractivity contribution in [2.75, 3.05) is 6.54 Å². The highest BCUT2D eigenvalue weighted by Gasteiger charge is 2.42. The highest BCUT2D eigenvalue weighted by atomic mass is 16.5. The third-order valence-electron chi connectivity index (χ3n) is 4.50. The minimum atomic E-state index is -0.933. The molecule has 0 unspecified atom stereocenters. The zero-order chi connectivity index (χ0) is 16.4. The van der Waals surface area contributed by atoms with E-state index < -0.39 is 5.60 Å². The maximum atomic E-state index is 12.7. The van der Waals surface area contributed by atoms with Crippen LogP contribution >= 0.6 is 0 Å². The van der Waals surface area contributed by atoms with E-state index in [2.05, 4.69) is 5.32 Å². The standard InChI is InChI=1S/C18H26N2O3/c1-18(2,22)12-20(11-13-6-4-3-5-7-13)17(21)19-15-10-14-8-9-16(15)23-14/h3-7,14-16,22H,8-12H2,1-2H3,(H,19,21)/t14-,15+,16-/m1/s1. The van der Waals surface area contributed by atoms with Crippen LogP contribution < -0.4 is 5.32 Å². The van der Waals surface area contributed by atoms with Crippen molar-refractivity contribution in [2.24, 2.45) is 0 Å². The zero-order valence-electron chi connectivity index (χ0n) is 13.9. The molecular weight excluding hydrogens is 292 g/mol. The summed E-state index contributed by atoms with van der Waals surface area (Å²) in [5.74, 6) is 0. The number of carbonyl (C=O) groups excluding carboxylic acids is 1. The number of amides is 2. The van der Waals surface area contributed by atoms with Gasteiger partial charge in [0.15, 0.2) is 0 Å². The van der Waals surface area contributed by atoms with Crippen molar-refractivity contribution in [3.05, 3.63) is 35.9 Å². The first-order chi connectivity index (χ1) is 10.9. The maximum Gasteiger partial charge on any atom is 0.318 e. The van der Waals surface area contributed by atoms with Crippen LogP contribution in [0.1, 0.15) is 38.7 Å². The third kappa shape index (κ3) is 4.24. The molecule has 0 saturated carbocycles. The lowest BCUT2D eigenvalue weighted by molar-refractivity contribution is 0.0434. The molecular formula is C18H26N2O3. The number of urea groups is 1. The van der Waals surface area contributed by atoms with Gasteiger partial charge in [-0.3, -0.25) is 0 Å². The molecule has 23 heavy (non-hydrogen) atoms. The molecule has 2 N–H and O–H groups in total. The number of aliphatic hydroxyl groups is 1. The van der Waals surface area contributed by atoms with Gasteiger partial charge >= 0.3 is 6.03 Å². The summed E-state index contributed by atoms with van der Waals surface area (Å²) in [6.45, 7) is 4.21. The molecule has 2 aliphatic heterocycles. The fourth-order valence-electron chi connectivity index (χ4n) is 3.51. The highest BCUT2D eigenvalue weighted by Crippen LogP contribution is 2.34. The molecule has 5 heteroatoms. The molecule has 2 amide bonds. The second kappa shape index (κ2) is 6.49. The van der Waals surface area contributed by atoms with Crippen LogP contribution in [-0.4, -0.2) is 46.4 Å². The summed E-state index contributed by atoms with van der Waals surface area (Å²) < 4.78 is 5.80. The molecule has 0 radical (unpaired) electrons. The number of carbonyl (C=O) groups is 1. The van der Waals surface area contributed by atoms with E-state index in [1.54, 1.807) is 18.7 Å². The van der Waals surface area contributed by atoms with Crippen molar-refractivity contribution < 1.29 is 14.6 Å². The Morgan fingerprint density at radius 1 is 1.35 bits per heavy atom. The van der Waals surface area contributed by atoms with Gasteiger partial charge in [0.2, 0.25) is 0 Å². The lowest BCUT2D eigenvalue weighted by Crippen LogP contribution is -2.51. The van der Waals surface area contributed by atoms with Gasteiger partial charge in [-0.1, -0.05) is 30.3 Å². The Hall–Kier alpha value is -1.59. The molecule has 2 aliphatic rings. The summed E-state index contributed by atoms with van der Waals surface area (Å²) in [4.78, 5) is 14.4. The molecule has 3 rings (SSSR count). The first-order valence-corrected chi connectivity index (χ1v) is 8.38. The van der Waals surface area contributed by atoms with Gasteiger partial charge in [-0.15, -0.1) is 0 Å². The highest BCUT2D eigenvalue weighted by molar-refractivity contribution is 5.74. The van der Waals surface area contributed by atoms with Gasteiger partial charge in [-0.2, -0.15) is 0 Å². The summed E-state index contributed by atoms with van der Waals surface area (Å²) in [7, 11) is 0. The summed E-state index contributed by atoms with van der Waals surface area (Å²) >= 11 is 0. The van der Waals surface area contributed by atoms with Crippen LogP contribution in [0.2, 0.25) is 0 Å². The van der Waals surface area contributed by atoms with E-state index in [1.165, 1.54) is 0 Å². The Morgan fingerprint density at radius 3 is 2.65 bits per heavy atom. The topological polar surface area (TPSA) is 61.8 Å². The SMILES string of the molecule is CC(C)(O)CN(Cc1ccccc1)C(=O)N[C@H]1C[C@H]2CC[C@H]1O2. The summed E-state index contributed by atoms with van der Waals surface area (Å²) in [6.07, 6.45) is 3.50. The molecule has 2 fully saturated rings. The first-order valence-electron chi connectivity index (χ1n) is 8.38. The third-order valence-corrected chi connectivity index (χ3v) is 4.50. The number of benzene rings is 1. The molecule has 2 saturated heterocycles. The molecule has 2 heterocycles. The van der Waals surface area contributed by atoms with Crippen LogP contribution in [0.5, 0.6) is 0 Å². The van der Waals surface area contributed by atoms with Crippen LogP contribution in [0.4, 0.5) is 4.79 Å². The number of fused-ring (bicyclic) bond motifs is 2. The van der Waals surface area contributed by atoms with E-state index in [9.17, 15) is 9.90 Å². The number of hydrogen-bond acceptors (Lipinski definition) is 3. The zero-order valence-corrected chi connectivity index (χ0v) is 13.9. The van der Waals surface area contributed by atoms with Crippen LogP contribution in [0, 0.1) is 0 Å². The number of rotatable bonds is 5. The maximum absolute atomic E-state index is 12.7. The quantitative estimate of drug-likeness (QED) is 0.875.